The number of ether oxygens (including phenoxy) is 2. The molecule has 0 spiro atoms. The molecule has 17 heteroatoms. The Morgan fingerprint density at radius 1 is 1.41 bits per heavy atom. The highest BCUT2D eigenvalue weighted by molar-refractivity contribution is 7.52. The Bertz CT molecular complexity index is 1350. The van der Waals surface area contributed by atoms with Gasteiger partial charge in [0.15, 0.2) is 6.23 Å². The fraction of sp³-hybridized carbons (Fsp3) is 0.500. The molecule has 15 nitrogen and oxygen atoms in total. The Morgan fingerprint density at radius 2 is 2.10 bits per heavy atom. The summed E-state index contributed by atoms with van der Waals surface area (Å²) < 4.78 is 37.0. The van der Waals surface area contributed by atoms with Crippen molar-refractivity contribution in [2.45, 2.75) is 63.8 Å². The van der Waals surface area contributed by atoms with E-state index in [1.807, 2.05) is 0 Å². The minimum absolute atomic E-state index is 0.0105. The summed E-state index contributed by atoms with van der Waals surface area (Å²) in [5.41, 5.74) is 12.2. The Labute approximate surface area is 228 Å². The normalized spacial score (nSPS) is 24.9. The van der Waals surface area contributed by atoms with E-state index >= 15 is 0 Å². The van der Waals surface area contributed by atoms with Crippen LogP contribution in [0, 0.1) is 0 Å². The summed E-state index contributed by atoms with van der Waals surface area (Å²) >= 11 is 6.15. The molecule has 1 aromatic heterocycles. The van der Waals surface area contributed by atoms with Crippen molar-refractivity contribution in [3.8, 4) is 5.75 Å². The van der Waals surface area contributed by atoms with E-state index in [1.165, 1.54) is 38.2 Å². The van der Waals surface area contributed by atoms with Gasteiger partial charge in [-0.25, -0.2) is 9.36 Å². The second-order valence-electron chi connectivity index (χ2n) is 9.08. The zero-order valence-corrected chi connectivity index (χ0v) is 23.2. The van der Waals surface area contributed by atoms with Gasteiger partial charge in [0.2, 0.25) is 0 Å². The van der Waals surface area contributed by atoms with Gasteiger partial charge in [0.05, 0.1) is 23.8 Å². The molecule has 39 heavy (non-hydrogen) atoms. The van der Waals surface area contributed by atoms with Crippen LogP contribution in [0.2, 0.25) is 5.02 Å². The molecule has 1 aromatic carbocycles. The Kier molecular flexibility index (Phi) is 9.62. The highest BCUT2D eigenvalue weighted by Crippen LogP contribution is 2.48. The van der Waals surface area contributed by atoms with Crippen molar-refractivity contribution >= 4 is 31.1 Å². The van der Waals surface area contributed by atoms with Gasteiger partial charge in [0.1, 0.15) is 29.3 Å². The molecular formula is C22H29ClN7O8P. The fourth-order valence-corrected chi connectivity index (χ4v) is 5.47. The quantitative estimate of drug-likeness (QED) is 0.115. The Morgan fingerprint density at radius 3 is 2.72 bits per heavy atom. The van der Waals surface area contributed by atoms with Gasteiger partial charge in [-0.3, -0.25) is 13.9 Å². The van der Waals surface area contributed by atoms with Crippen LogP contribution in [0.25, 0.3) is 10.4 Å². The molecule has 1 aliphatic heterocycles. The van der Waals surface area contributed by atoms with Gasteiger partial charge >= 0.3 is 19.4 Å². The third kappa shape index (κ3) is 7.08. The highest BCUT2D eigenvalue weighted by Gasteiger charge is 2.55. The van der Waals surface area contributed by atoms with Crippen LogP contribution in [0.3, 0.4) is 0 Å². The van der Waals surface area contributed by atoms with Crippen LogP contribution in [0.5, 0.6) is 5.75 Å². The molecule has 212 valence electrons. The second kappa shape index (κ2) is 12.3. The zero-order chi connectivity index (χ0) is 29.0. The van der Waals surface area contributed by atoms with E-state index in [0.29, 0.717) is 0 Å². The maximum absolute atomic E-state index is 13.8. The lowest BCUT2D eigenvalue weighted by Crippen LogP contribution is -2.45. The van der Waals surface area contributed by atoms with Crippen LogP contribution in [0.15, 0.2) is 46.4 Å². The first kappa shape index (κ1) is 30.4. The van der Waals surface area contributed by atoms with Gasteiger partial charge in [-0.15, -0.1) is 0 Å². The number of hydrogen-bond acceptors (Lipinski definition) is 11. The van der Waals surface area contributed by atoms with Crippen molar-refractivity contribution in [3.63, 3.8) is 0 Å². The van der Waals surface area contributed by atoms with Crippen molar-refractivity contribution in [2.75, 3.05) is 12.3 Å². The number of carbonyl (C=O) groups is 1. The number of nitrogens with one attached hydrogen (secondary N) is 1. The summed E-state index contributed by atoms with van der Waals surface area (Å²) in [7, 11) is -4.39. The molecule has 1 aliphatic rings. The molecule has 0 amide bonds. The molecule has 2 aromatic rings. The maximum atomic E-state index is 13.8. The molecule has 4 N–H and O–H groups in total. The number of aliphatic hydroxyl groups is 1. The van der Waals surface area contributed by atoms with E-state index in [4.69, 9.17) is 41.4 Å². The molecule has 0 saturated carbocycles. The minimum atomic E-state index is -4.39. The van der Waals surface area contributed by atoms with E-state index in [0.717, 1.165) is 4.57 Å². The van der Waals surface area contributed by atoms with Gasteiger partial charge in [-0.1, -0.05) is 28.8 Å². The van der Waals surface area contributed by atoms with Crippen LogP contribution < -0.4 is 21.0 Å². The van der Waals surface area contributed by atoms with Crippen LogP contribution in [-0.4, -0.2) is 57.1 Å². The van der Waals surface area contributed by atoms with E-state index < -0.39 is 62.1 Å². The van der Waals surface area contributed by atoms with Gasteiger partial charge in [0.25, 0.3) is 0 Å². The predicted octanol–water partition coefficient (Wildman–Crippen LogP) is 2.94. The highest BCUT2D eigenvalue weighted by atomic mass is 35.5. The number of anilines is 1. The number of azide groups is 1. The molecule has 3 rings (SSSR count). The average molecular weight is 586 g/mol. The zero-order valence-electron chi connectivity index (χ0n) is 21.5. The van der Waals surface area contributed by atoms with Gasteiger partial charge in [-0.2, -0.15) is 10.1 Å². The number of rotatable bonds is 11. The summed E-state index contributed by atoms with van der Waals surface area (Å²) in [6, 6.07) is 6.33. The monoisotopic (exact) mass is 585 g/mol. The largest absolute Gasteiger partial charge is 0.462 e. The lowest BCUT2D eigenvalue weighted by Gasteiger charge is -2.28. The molecule has 1 unspecified atom stereocenters. The SMILES string of the molecule is CC(C)OC(=O)[C@H](C)NP(=O)(OC[C@H]1O[C@H](n2ccc(N)nc2=O)[C@](C)(N=[N+]=[N-])[C@@H]1O)Oc1ccccc1Cl. The summed E-state index contributed by atoms with van der Waals surface area (Å²) in [6.07, 6.45) is -3.31. The fourth-order valence-electron chi connectivity index (χ4n) is 3.72. The number of carbonyl (C=O) groups excluding carboxylic acids is 1. The number of hydrogen-bond donors (Lipinski definition) is 3. The van der Waals surface area contributed by atoms with Crippen molar-refractivity contribution in [1.82, 2.24) is 14.6 Å². The summed E-state index contributed by atoms with van der Waals surface area (Å²) in [6.45, 7) is 5.48. The van der Waals surface area contributed by atoms with Crippen molar-refractivity contribution in [2.24, 2.45) is 5.11 Å². The average Bonchev–Trinajstić information content (AvgIpc) is 3.09. The smallest absolute Gasteiger partial charge is 0.459 e. The van der Waals surface area contributed by atoms with Crippen LogP contribution in [0.1, 0.15) is 33.9 Å². The summed E-state index contributed by atoms with van der Waals surface area (Å²) in [5.74, 6) is -0.780. The number of aromatic nitrogens is 2. The molecular weight excluding hydrogens is 557 g/mol. The Balaban J connectivity index is 1.89. The number of aliphatic hydroxyl groups excluding tert-OH is 1. The lowest BCUT2D eigenvalue weighted by atomic mass is 9.93. The van der Waals surface area contributed by atoms with Gasteiger partial charge in [-0.05, 0) is 51.4 Å². The molecule has 0 radical (unpaired) electrons. The number of esters is 1. The van der Waals surface area contributed by atoms with E-state index in [9.17, 15) is 19.3 Å². The van der Waals surface area contributed by atoms with E-state index in [2.05, 4.69) is 20.1 Å². The van der Waals surface area contributed by atoms with Gasteiger partial charge < -0.3 is 24.8 Å². The van der Waals surface area contributed by atoms with Crippen LogP contribution in [-0.2, 0) is 23.4 Å². The molecule has 6 atom stereocenters. The third-order valence-electron chi connectivity index (χ3n) is 5.64. The van der Waals surface area contributed by atoms with Gasteiger partial charge in [0, 0.05) is 11.1 Å². The van der Waals surface area contributed by atoms with Crippen molar-refractivity contribution < 1.29 is 33.0 Å². The van der Waals surface area contributed by atoms with Crippen LogP contribution >= 0.6 is 19.3 Å². The number of para-hydroxylation sites is 1. The standard InChI is InChI=1S/C22H29ClN7O8P/c1-12(2)36-19(32)13(3)27-39(34,38-15-8-6-5-7-14(15)23)35-11-16-18(31)22(4,28-29-25)20(37-16)30-10-9-17(24)26-21(30)33/h5-10,12-13,16,18,20,31H,11H2,1-4H3,(H,27,34)(H2,24,26,33)/t13-,16+,18+,20-,22+,39?/m0/s1. The summed E-state index contributed by atoms with van der Waals surface area (Å²) in [5, 5.41) is 17.3. The first-order valence-corrected chi connectivity index (χ1v) is 13.6. The number of benzene rings is 1. The van der Waals surface area contributed by atoms with E-state index in [-0.39, 0.29) is 16.6 Å². The number of nitrogen functional groups attached to an aromatic ring is 1. The molecule has 2 heterocycles. The summed E-state index contributed by atoms with van der Waals surface area (Å²) in [4.78, 5) is 31.2. The molecule has 0 bridgehead atoms. The number of nitrogens with zero attached hydrogens (tertiary/aromatic N) is 5. The third-order valence-corrected chi connectivity index (χ3v) is 7.58. The van der Waals surface area contributed by atoms with E-state index in [1.54, 1.807) is 26.0 Å². The minimum Gasteiger partial charge on any atom is -0.462 e. The number of nitrogens with two attached hydrogens (primary N) is 1. The topological polar surface area (TPSA) is 213 Å². The van der Waals surface area contributed by atoms with Crippen molar-refractivity contribution in [3.05, 3.63) is 62.5 Å². The molecule has 0 aliphatic carbocycles. The van der Waals surface area contributed by atoms with Crippen LogP contribution in [0.4, 0.5) is 5.82 Å². The first-order chi connectivity index (χ1) is 18.3. The first-order valence-electron chi connectivity index (χ1n) is 11.7. The second-order valence-corrected chi connectivity index (χ2v) is 11.2. The number of halogens is 1. The van der Waals surface area contributed by atoms with Crippen molar-refractivity contribution in [1.29, 1.82) is 0 Å². The maximum Gasteiger partial charge on any atom is 0.459 e. The Hall–Kier alpha value is -3.16. The molecule has 1 fully saturated rings. The lowest BCUT2D eigenvalue weighted by molar-refractivity contribution is -0.149. The molecule has 1 saturated heterocycles. The predicted molar refractivity (Wildman–Crippen MR) is 140 cm³/mol.